The highest BCUT2D eigenvalue weighted by Crippen LogP contribution is 2.48. The molecule has 2 N–H and O–H groups in total. The maximum absolute atomic E-state index is 14.2. The van der Waals surface area contributed by atoms with Crippen LogP contribution in [0.15, 0.2) is 78.9 Å². The Labute approximate surface area is 277 Å². The summed E-state index contributed by atoms with van der Waals surface area (Å²) in [5.74, 6) is -0.833. The number of piperidine rings is 1. The number of nitrogens with zero attached hydrogens (tertiary/aromatic N) is 1. The largest absolute Gasteiger partial charge is 0.496 e. The molecule has 3 aromatic carbocycles. The third-order valence-corrected chi connectivity index (χ3v) is 9.04. The zero-order valence-corrected chi connectivity index (χ0v) is 27.6. The zero-order chi connectivity index (χ0) is 32.0. The molecule has 1 aliphatic heterocycles. The van der Waals surface area contributed by atoms with Gasteiger partial charge in [-0.2, -0.15) is 13.5 Å². The highest BCUT2D eigenvalue weighted by Gasteiger charge is 2.49. The number of amides is 3. The molecule has 5 rings (SSSR count). The van der Waals surface area contributed by atoms with Gasteiger partial charge in [-0.05, 0) is 68.4 Å². The number of para-hydroxylation sites is 1. The van der Waals surface area contributed by atoms with Crippen molar-refractivity contribution in [2.45, 2.75) is 62.9 Å². The van der Waals surface area contributed by atoms with Crippen molar-refractivity contribution in [2.24, 2.45) is 0 Å². The Morgan fingerprint density at radius 1 is 0.913 bits per heavy atom. The molecule has 1 saturated heterocycles. The van der Waals surface area contributed by atoms with Gasteiger partial charge in [0.1, 0.15) is 11.8 Å². The summed E-state index contributed by atoms with van der Waals surface area (Å²) in [7, 11) is 1.54. The number of carbonyl (C=O) groups excluding carboxylic acids is 4. The smallest absolute Gasteiger partial charge is 0.328 e. The fourth-order valence-electron chi connectivity index (χ4n) is 6.69. The van der Waals surface area contributed by atoms with Crippen LogP contribution in [0.1, 0.15) is 72.5 Å². The molecule has 1 heterocycles. The van der Waals surface area contributed by atoms with E-state index in [2.05, 4.69) is 10.6 Å². The number of carbonyl (C=O) groups is 4. The molecule has 0 saturated carbocycles. The van der Waals surface area contributed by atoms with E-state index in [-0.39, 0.29) is 43.9 Å². The number of fused-ring (bicyclic) bond motifs is 1. The van der Waals surface area contributed by atoms with Gasteiger partial charge in [-0.1, -0.05) is 66.7 Å². The predicted octanol–water partition coefficient (Wildman–Crippen LogP) is 4.46. The summed E-state index contributed by atoms with van der Waals surface area (Å²) in [6, 6.07) is 23.5. The molecule has 0 bridgehead atoms. The van der Waals surface area contributed by atoms with Gasteiger partial charge in [0.25, 0.3) is 5.91 Å². The Bertz CT molecular complexity index is 1540. The number of nitrogens with one attached hydrogen (secondary N) is 2. The normalized spacial score (nSPS) is 19.9. The second kappa shape index (κ2) is 15.3. The number of esters is 1. The van der Waals surface area contributed by atoms with Crippen molar-refractivity contribution in [1.29, 1.82) is 0 Å². The van der Waals surface area contributed by atoms with Crippen molar-refractivity contribution in [3.05, 3.63) is 101 Å². The Hall–Kier alpha value is -4.31. The van der Waals surface area contributed by atoms with E-state index in [1.807, 2.05) is 65.6 Å². The summed E-state index contributed by atoms with van der Waals surface area (Å²) in [6.45, 7) is 4.62. The summed E-state index contributed by atoms with van der Waals surface area (Å²) in [5, 5.41) is 6.01. The lowest BCUT2D eigenvalue weighted by Crippen LogP contribution is -2.53. The van der Waals surface area contributed by atoms with Gasteiger partial charge in [-0.25, -0.2) is 4.79 Å². The summed E-state index contributed by atoms with van der Waals surface area (Å²) in [4.78, 5) is 55.5. The van der Waals surface area contributed by atoms with E-state index in [1.165, 1.54) is 0 Å². The Morgan fingerprint density at radius 3 is 2.26 bits per heavy atom. The SMILES string of the molecule is CCOC(=O)[C@@H](C)NC(=O)[C@@]1(c2ccccc2)CC[C@H](C(=O)N2CCC(NC(=O)c3ccccc3OC)CC2)c2ccccc21.S. The number of hydrogen-bond acceptors (Lipinski definition) is 6. The van der Waals surface area contributed by atoms with Gasteiger partial charge in [-0.15, -0.1) is 0 Å². The summed E-state index contributed by atoms with van der Waals surface area (Å²) >= 11 is 0. The average Bonchev–Trinajstić information content (AvgIpc) is 3.08. The average molecular weight is 646 g/mol. The molecule has 1 aliphatic carbocycles. The van der Waals surface area contributed by atoms with Crippen LogP contribution < -0.4 is 15.4 Å². The van der Waals surface area contributed by atoms with E-state index in [0.29, 0.717) is 50.1 Å². The molecule has 0 aromatic heterocycles. The molecule has 3 atom stereocenters. The Balaban J connectivity index is 0.00000480. The van der Waals surface area contributed by atoms with E-state index in [0.717, 1.165) is 16.7 Å². The van der Waals surface area contributed by atoms with Gasteiger partial charge in [0.2, 0.25) is 11.8 Å². The highest BCUT2D eigenvalue weighted by molar-refractivity contribution is 7.59. The number of benzene rings is 3. The minimum Gasteiger partial charge on any atom is -0.496 e. The van der Waals surface area contributed by atoms with Gasteiger partial charge in [-0.3, -0.25) is 14.4 Å². The van der Waals surface area contributed by atoms with E-state index in [4.69, 9.17) is 9.47 Å². The lowest BCUT2D eigenvalue weighted by atomic mass is 9.62. The van der Waals surface area contributed by atoms with Crippen molar-refractivity contribution in [2.75, 3.05) is 26.8 Å². The molecule has 1 fully saturated rings. The lowest BCUT2D eigenvalue weighted by Gasteiger charge is -2.43. The van der Waals surface area contributed by atoms with E-state index >= 15 is 0 Å². The van der Waals surface area contributed by atoms with E-state index in [1.54, 1.807) is 39.2 Å². The van der Waals surface area contributed by atoms with Crippen LogP contribution in [0.3, 0.4) is 0 Å². The maximum atomic E-state index is 14.2. The quantitative estimate of drug-likeness (QED) is 0.333. The van der Waals surface area contributed by atoms with E-state index < -0.39 is 23.3 Å². The molecule has 46 heavy (non-hydrogen) atoms. The molecular formula is C36H43N3O6S. The van der Waals surface area contributed by atoms with Crippen molar-refractivity contribution < 1.29 is 28.7 Å². The first kappa shape index (κ1) is 34.6. The van der Waals surface area contributed by atoms with Crippen LogP contribution in [-0.4, -0.2) is 67.5 Å². The number of ether oxygens (including phenoxy) is 2. The third-order valence-electron chi connectivity index (χ3n) is 9.04. The number of likely N-dealkylation sites (tertiary alicyclic amines) is 1. The highest BCUT2D eigenvalue weighted by atomic mass is 32.1. The van der Waals surface area contributed by atoms with Crippen LogP contribution in [0, 0.1) is 0 Å². The van der Waals surface area contributed by atoms with Crippen LogP contribution in [-0.2, 0) is 24.5 Å². The topological polar surface area (TPSA) is 114 Å². The molecule has 10 heteroatoms. The third kappa shape index (κ3) is 6.92. The van der Waals surface area contributed by atoms with Gasteiger partial charge in [0.05, 0.1) is 30.6 Å². The molecule has 0 spiro atoms. The minimum absolute atomic E-state index is 0. The summed E-state index contributed by atoms with van der Waals surface area (Å²) in [6.07, 6.45) is 2.15. The summed E-state index contributed by atoms with van der Waals surface area (Å²) < 4.78 is 10.5. The Morgan fingerprint density at radius 2 is 1.57 bits per heavy atom. The first-order valence-electron chi connectivity index (χ1n) is 15.6. The molecule has 3 aromatic rings. The molecule has 3 amide bonds. The van der Waals surface area contributed by atoms with Gasteiger partial charge >= 0.3 is 5.97 Å². The van der Waals surface area contributed by atoms with Crippen LogP contribution >= 0.6 is 13.5 Å². The van der Waals surface area contributed by atoms with Crippen molar-refractivity contribution in [1.82, 2.24) is 15.5 Å². The van der Waals surface area contributed by atoms with E-state index in [9.17, 15) is 19.2 Å². The van der Waals surface area contributed by atoms with Gasteiger partial charge in [0, 0.05) is 19.1 Å². The number of hydrogen-bond donors (Lipinski definition) is 2. The first-order chi connectivity index (χ1) is 21.8. The van der Waals surface area contributed by atoms with Crippen LogP contribution in [0.5, 0.6) is 5.75 Å². The Kier molecular flexibility index (Phi) is 11.5. The number of rotatable bonds is 9. The van der Waals surface area contributed by atoms with Crippen molar-refractivity contribution in [3.8, 4) is 5.75 Å². The minimum atomic E-state index is -1.08. The molecule has 0 unspecified atom stereocenters. The maximum Gasteiger partial charge on any atom is 0.328 e. The van der Waals surface area contributed by atoms with Gasteiger partial charge < -0.3 is 25.0 Å². The molecule has 2 aliphatic rings. The van der Waals surface area contributed by atoms with Crippen molar-refractivity contribution in [3.63, 3.8) is 0 Å². The lowest BCUT2D eigenvalue weighted by molar-refractivity contribution is -0.147. The van der Waals surface area contributed by atoms with Crippen LogP contribution in [0.25, 0.3) is 0 Å². The second-order valence-electron chi connectivity index (χ2n) is 11.7. The zero-order valence-electron chi connectivity index (χ0n) is 26.6. The predicted molar refractivity (Wildman–Crippen MR) is 180 cm³/mol. The van der Waals surface area contributed by atoms with Gasteiger partial charge in [0.15, 0.2) is 0 Å². The molecule has 9 nitrogen and oxygen atoms in total. The fraction of sp³-hybridized carbons (Fsp3) is 0.389. The van der Waals surface area contributed by atoms with Crippen LogP contribution in [0.4, 0.5) is 0 Å². The summed E-state index contributed by atoms with van der Waals surface area (Å²) in [5.41, 5.74) is 1.81. The second-order valence-corrected chi connectivity index (χ2v) is 11.7. The monoisotopic (exact) mass is 645 g/mol. The fourth-order valence-corrected chi connectivity index (χ4v) is 6.69. The van der Waals surface area contributed by atoms with Crippen molar-refractivity contribution >= 4 is 37.2 Å². The standard InChI is InChI=1S/C36H41N3O6.H2S/c1-4-45-34(42)24(2)37-35(43)36(25-12-6-5-7-13-25)21-18-28(27-14-8-10-16-30(27)36)33(41)39-22-19-26(20-23-39)38-32(40)29-15-9-11-17-31(29)44-3;/h5-17,24,26,28H,4,18-23H2,1-3H3,(H,37,43)(H,38,40);1H2/t24-,28+,36-;/m1./s1. The first-order valence-corrected chi connectivity index (χ1v) is 15.6. The molecule has 244 valence electrons. The van der Waals surface area contributed by atoms with Crippen LogP contribution in [0.2, 0.25) is 0 Å². The molecular weight excluding hydrogens is 602 g/mol. The number of methoxy groups -OCH3 is 1. The molecule has 0 radical (unpaired) electrons.